The van der Waals surface area contributed by atoms with Crippen LogP contribution in [0.25, 0.3) is 0 Å². The summed E-state index contributed by atoms with van der Waals surface area (Å²) in [4.78, 5) is 0. The molecule has 0 aliphatic heterocycles. The molecule has 0 amide bonds. The fourth-order valence-corrected chi connectivity index (χ4v) is 1.89. The van der Waals surface area contributed by atoms with E-state index in [4.69, 9.17) is 9.47 Å². The average Bonchev–Trinajstić information content (AvgIpc) is 2.29. The molecule has 0 saturated heterocycles. The minimum Gasteiger partial charge on any atom is -0.491 e. The van der Waals surface area contributed by atoms with Crippen molar-refractivity contribution in [1.82, 2.24) is 0 Å². The first-order valence-corrected chi connectivity index (χ1v) is 6.98. The van der Waals surface area contributed by atoms with Crippen molar-refractivity contribution in [1.29, 1.82) is 0 Å². The van der Waals surface area contributed by atoms with Crippen molar-refractivity contribution in [2.24, 2.45) is 5.92 Å². The third kappa shape index (κ3) is 5.38. The predicted octanol–water partition coefficient (Wildman–Crippen LogP) is 3.55. The molecule has 18 heavy (non-hydrogen) atoms. The van der Waals surface area contributed by atoms with Gasteiger partial charge in [0.05, 0.1) is 12.7 Å². The molecule has 1 aromatic rings. The van der Waals surface area contributed by atoms with E-state index in [1.165, 1.54) is 0 Å². The maximum atomic E-state index is 9.67. The molecule has 1 rings (SSSR count). The number of aliphatic hydroxyl groups is 1. The summed E-state index contributed by atoms with van der Waals surface area (Å²) in [7, 11) is 0. The number of hydrogen-bond donors (Lipinski definition) is 1. The van der Waals surface area contributed by atoms with Gasteiger partial charge >= 0.3 is 0 Å². The average molecular weight is 317 g/mol. The Bertz CT molecular complexity index is 364. The van der Waals surface area contributed by atoms with Crippen molar-refractivity contribution < 1.29 is 14.6 Å². The molecule has 0 spiro atoms. The lowest BCUT2D eigenvalue weighted by atomic mass is 10.1. The molecule has 0 heterocycles. The van der Waals surface area contributed by atoms with Gasteiger partial charge in [-0.1, -0.05) is 29.8 Å². The van der Waals surface area contributed by atoms with Crippen LogP contribution in [-0.4, -0.2) is 24.9 Å². The van der Waals surface area contributed by atoms with Gasteiger partial charge in [-0.2, -0.15) is 0 Å². The van der Waals surface area contributed by atoms with Gasteiger partial charge in [0.2, 0.25) is 0 Å². The highest BCUT2D eigenvalue weighted by Gasteiger charge is 2.09. The second kappa shape index (κ2) is 7.77. The van der Waals surface area contributed by atoms with E-state index < -0.39 is 6.10 Å². The first-order valence-electron chi connectivity index (χ1n) is 6.18. The summed E-state index contributed by atoms with van der Waals surface area (Å²) in [5.41, 5.74) is 0.785. The number of hydrogen-bond acceptors (Lipinski definition) is 3. The van der Waals surface area contributed by atoms with Gasteiger partial charge in [0.15, 0.2) is 0 Å². The molecule has 0 unspecified atom stereocenters. The standard InChI is InChI=1S/C14H21BrO3/c1-10(2)9-17-6-7-18-14-5-4-12(15)8-13(14)11(3)16/h4-5,8,10-11,16H,6-7,9H2,1-3H3/t11-/m1/s1. The lowest BCUT2D eigenvalue weighted by Crippen LogP contribution is -2.11. The van der Waals surface area contributed by atoms with Gasteiger partial charge in [0.1, 0.15) is 12.4 Å². The molecule has 102 valence electrons. The minimum atomic E-state index is -0.547. The molecule has 0 aliphatic carbocycles. The Kier molecular flexibility index (Phi) is 6.68. The monoisotopic (exact) mass is 316 g/mol. The molecular formula is C14H21BrO3. The van der Waals surface area contributed by atoms with E-state index in [2.05, 4.69) is 29.8 Å². The molecule has 0 aliphatic rings. The Morgan fingerprint density at radius 1 is 1.22 bits per heavy atom. The Morgan fingerprint density at radius 2 is 1.94 bits per heavy atom. The minimum absolute atomic E-state index is 0.494. The molecule has 4 heteroatoms. The summed E-state index contributed by atoms with van der Waals surface area (Å²) in [5.74, 6) is 1.24. The fourth-order valence-electron chi connectivity index (χ4n) is 1.51. The van der Waals surface area contributed by atoms with Crippen molar-refractivity contribution in [3.8, 4) is 5.75 Å². The van der Waals surface area contributed by atoms with E-state index in [1.54, 1.807) is 6.92 Å². The van der Waals surface area contributed by atoms with Gasteiger partial charge in [-0.3, -0.25) is 0 Å². The van der Waals surface area contributed by atoms with Crippen molar-refractivity contribution in [3.63, 3.8) is 0 Å². The first kappa shape index (κ1) is 15.5. The normalized spacial score (nSPS) is 12.8. The Hall–Kier alpha value is -0.580. The van der Waals surface area contributed by atoms with E-state index in [0.29, 0.717) is 24.9 Å². The van der Waals surface area contributed by atoms with Crippen LogP contribution in [0.15, 0.2) is 22.7 Å². The highest BCUT2D eigenvalue weighted by atomic mass is 79.9. The van der Waals surface area contributed by atoms with E-state index in [1.807, 2.05) is 18.2 Å². The van der Waals surface area contributed by atoms with Gasteiger partial charge in [0, 0.05) is 16.6 Å². The van der Waals surface area contributed by atoms with Gasteiger partial charge in [-0.15, -0.1) is 0 Å². The second-order valence-corrected chi connectivity index (χ2v) is 5.59. The maximum Gasteiger partial charge on any atom is 0.125 e. The Morgan fingerprint density at radius 3 is 2.56 bits per heavy atom. The summed E-state index contributed by atoms with van der Waals surface area (Å²) in [6, 6.07) is 5.62. The molecule has 0 fully saturated rings. The molecule has 0 saturated carbocycles. The predicted molar refractivity (Wildman–Crippen MR) is 75.9 cm³/mol. The molecule has 0 bridgehead atoms. The lowest BCUT2D eigenvalue weighted by Gasteiger charge is -2.14. The molecule has 0 aromatic heterocycles. The molecule has 1 atom stereocenters. The van der Waals surface area contributed by atoms with Crippen LogP contribution < -0.4 is 4.74 Å². The van der Waals surface area contributed by atoms with E-state index in [-0.39, 0.29) is 0 Å². The van der Waals surface area contributed by atoms with Crippen molar-refractivity contribution in [3.05, 3.63) is 28.2 Å². The topological polar surface area (TPSA) is 38.7 Å². The number of ether oxygens (including phenoxy) is 2. The largest absolute Gasteiger partial charge is 0.491 e. The number of halogens is 1. The van der Waals surface area contributed by atoms with Gasteiger partial charge < -0.3 is 14.6 Å². The number of aliphatic hydroxyl groups excluding tert-OH is 1. The van der Waals surface area contributed by atoms with Crippen molar-refractivity contribution in [2.75, 3.05) is 19.8 Å². The Labute approximate surface area is 117 Å². The second-order valence-electron chi connectivity index (χ2n) is 4.68. The molecular weight excluding hydrogens is 296 g/mol. The molecule has 1 aromatic carbocycles. The van der Waals surface area contributed by atoms with Crippen LogP contribution >= 0.6 is 15.9 Å². The van der Waals surface area contributed by atoms with Gasteiger partial charge in [0.25, 0.3) is 0 Å². The first-order chi connectivity index (χ1) is 8.50. The quantitative estimate of drug-likeness (QED) is 0.782. The van der Waals surface area contributed by atoms with Crippen LogP contribution in [0.4, 0.5) is 0 Å². The SMILES string of the molecule is CC(C)COCCOc1ccc(Br)cc1[C@@H](C)O. The smallest absolute Gasteiger partial charge is 0.125 e. The highest BCUT2D eigenvalue weighted by molar-refractivity contribution is 9.10. The van der Waals surface area contributed by atoms with Crippen LogP contribution in [-0.2, 0) is 4.74 Å². The van der Waals surface area contributed by atoms with E-state index in [9.17, 15) is 5.11 Å². The third-order valence-electron chi connectivity index (χ3n) is 2.36. The maximum absolute atomic E-state index is 9.67. The molecule has 0 radical (unpaired) electrons. The number of rotatable bonds is 7. The zero-order chi connectivity index (χ0) is 13.5. The van der Waals surface area contributed by atoms with Gasteiger partial charge in [-0.05, 0) is 31.0 Å². The summed E-state index contributed by atoms with van der Waals surface area (Å²) in [5, 5.41) is 9.67. The fraction of sp³-hybridized carbons (Fsp3) is 0.571. The van der Waals surface area contributed by atoms with Crippen molar-refractivity contribution in [2.45, 2.75) is 26.9 Å². The summed E-state index contributed by atoms with van der Waals surface area (Å²) in [6.45, 7) is 7.75. The van der Waals surface area contributed by atoms with Crippen molar-refractivity contribution >= 4 is 15.9 Å². The summed E-state index contributed by atoms with van der Waals surface area (Å²) in [6.07, 6.45) is -0.547. The van der Waals surface area contributed by atoms with Crippen LogP contribution in [0.2, 0.25) is 0 Å². The van der Waals surface area contributed by atoms with Crippen LogP contribution in [0.5, 0.6) is 5.75 Å². The third-order valence-corrected chi connectivity index (χ3v) is 2.85. The lowest BCUT2D eigenvalue weighted by molar-refractivity contribution is 0.0805. The highest BCUT2D eigenvalue weighted by Crippen LogP contribution is 2.28. The number of benzene rings is 1. The van der Waals surface area contributed by atoms with Crippen LogP contribution in [0, 0.1) is 5.92 Å². The molecule has 1 N–H and O–H groups in total. The summed E-state index contributed by atoms with van der Waals surface area (Å²) >= 11 is 3.38. The summed E-state index contributed by atoms with van der Waals surface area (Å²) < 4.78 is 12.0. The van der Waals surface area contributed by atoms with Crippen LogP contribution in [0.1, 0.15) is 32.4 Å². The zero-order valence-electron chi connectivity index (χ0n) is 11.1. The van der Waals surface area contributed by atoms with Gasteiger partial charge in [-0.25, -0.2) is 0 Å². The zero-order valence-corrected chi connectivity index (χ0v) is 12.7. The Balaban J connectivity index is 2.46. The van der Waals surface area contributed by atoms with E-state index in [0.717, 1.165) is 16.6 Å². The molecule has 3 nitrogen and oxygen atoms in total. The van der Waals surface area contributed by atoms with Crippen LogP contribution in [0.3, 0.4) is 0 Å². The van der Waals surface area contributed by atoms with E-state index >= 15 is 0 Å².